The molecule has 0 aliphatic rings. The lowest BCUT2D eigenvalue weighted by molar-refractivity contribution is 0.120. The Morgan fingerprint density at radius 1 is 0.952 bits per heavy atom. The van der Waals surface area contributed by atoms with E-state index >= 15 is 0 Å². The van der Waals surface area contributed by atoms with Crippen molar-refractivity contribution in [3.8, 4) is 11.5 Å². The summed E-state index contributed by atoms with van der Waals surface area (Å²) in [5.41, 5.74) is 1.12. The lowest BCUT2D eigenvalue weighted by Gasteiger charge is -2.07. The third-order valence-electron chi connectivity index (χ3n) is 2.79. The van der Waals surface area contributed by atoms with E-state index in [1.54, 1.807) is 0 Å². The molecule has 0 saturated carbocycles. The number of nitrogens with zero attached hydrogens (tertiary/aromatic N) is 1. The maximum Gasteiger partial charge on any atom is 0.127 e. The van der Waals surface area contributed by atoms with E-state index in [0.29, 0.717) is 19.8 Å². The monoisotopic (exact) mass is 299 g/mol. The second-order valence-corrected chi connectivity index (χ2v) is 4.62. The van der Waals surface area contributed by atoms with Crippen LogP contribution in [0.4, 0.5) is 0 Å². The smallest absolute Gasteiger partial charge is 0.127 e. The summed E-state index contributed by atoms with van der Waals surface area (Å²) in [5, 5.41) is 2.34. The van der Waals surface area contributed by atoms with Gasteiger partial charge in [-0.05, 0) is 48.5 Å². The summed E-state index contributed by atoms with van der Waals surface area (Å²) in [4.78, 5) is 3.84. The maximum absolute atomic E-state index is 5.73. The van der Waals surface area contributed by atoms with Gasteiger partial charge in [-0.15, -0.1) is 0 Å². The van der Waals surface area contributed by atoms with Gasteiger partial charge in [-0.3, -0.25) is 0 Å². The third kappa shape index (κ3) is 5.88. The molecule has 0 atom stereocenters. The molecule has 2 aromatic rings. The molecule has 21 heavy (non-hydrogen) atoms. The molecular formula is C17H17NO2S. The van der Waals surface area contributed by atoms with Crippen LogP contribution < -0.4 is 4.74 Å². The van der Waals surface area contributed by atoms with E-state index in [2.05, 4.69) is 22.4 Å². The molecule has 0 aliphatic heterocycles. The van der Waals surface area contributed by atoms with Gasteiger partial charge in [-0.2, -0.15) is 0 Å². The first kappa shape index (κ1) is 15.4. The van der Waals surface area contributed by atoms with E-state index in [1.165, 1.54) is 0 Å². The largest absolute Gasteiger partial charge is 0.457 e. The molecule has 0 amide bonds. The quantitative estimate of drug-likeness (QED) is 0.409. The summed E-state index contributed by atoms with van der Waals surface area (Å²) in [7, 11) is 0. The third-order valence-corrected chi connectivity index (χ3v) is 2.92. The standard InChI is InChI=1S/C17H17NO2S/c21-14-18-11-4-12-19-13-15-7-9-17(10-8-15)20-16-5-2-1-3-6-16/h1-3,5-10H,4,11-13H2. The summed E-state index contributed by atoms with van der Waals surface area (Å²) < 4.78 is 11.3. The van der Waals surface area contributed by atoms with Gasteiger partial charge < -0.3 is 9.47 Å². The Hall–Kier alpha value is -2.00. The van der Waals surface area contributed by atoms with Crippen LogP contribution in [0.15, 0.2) is 59.6 Å². The number of rotatable bonds is 8. The van der Waals surface area contributed by atoms with Crippen molar-refractivity contribution in [2.24, 2.45) is 4.99 Å². The van der Waals surface area contributed by atoms with Crippen molar-refractivity contribution < 1.29 is 9.47 Å². The molecule has 0 fully saturated rings. The van der Waals surface area contributed by atoms with Gasteiger partial charge in [-0.1, -0.05) is 30.3 Å². The van der Waals surface area contributed by atoms with E-state index in [0.717, 1.165) is 23.5 Å². The summed E-state index contributed by atoms with van der Waals surface area (Å²) in [6.07, 6.45) is 0.860. The summed E-state index contributed by atoms with van der Waals surface area (Å²) >= 11 is 4.50. The molecule has 0 bridgehead atoms. The van der Waals surface area contributed by atoms with Crippen LogP contribution in [0.3, 0.4) is 0 Å². The zero-order chi connectivity index (χ0) is 14.8. The minimum Gasteiger partial charge on any atom is -0.457 e. The van der Waals surface area contributed by atoms with E-state index in [4.69, 9.17) is 9.47 Å². The Balaban J connectivity index is 1.75. The molecule has 0 spiro atoms. The highest BCUT2D eigenvalue weighted by Crippen LogP contribution is 2.21. The second kappa shape index (κ2) is 9.03. The molecule has 0 radical (unpaired) electrons. The Kier molecular flexibility index (Phi) is 6.62. The molecule has 2 rings (SSSR count). The minimum absolute atomic E-state index is 0.590. The van der Waals surface area contributed by atoms with E-state index in [-0.39, 0.29) is 0 Å². The highest BCUT2D eigenvalue weighted by molar-refractivity contribution is 7.78. The van der Waals surface area contributed by atoms with Crippen LogP contribution in [-0.4, -0.2) is 18.3 Å². The van der Waals surface area contributed by atoms with Crippen molar-refractivity contribution in [1.29, 1.82) is 0 Å². The van der Waals surface area contributed by atoms with Crippen molar-refractivity contribution in [3.05, 3.63) is 60.2 Å². The van der Waals surface area contributed by atoms with Gasteiger partial charge in [0, 0.05) is 6.61 Å². The lowest BCUT2D eigenvalue weighted by atomic mass is 10.2. The van der Waals surface area contributed by atoms with Crippen molar-refractivity contribution in [1.82, 2.24) is 0 Å². The van der Waals surface area contributed by atoms with Crippen LogP contribution >= 0.6 is 12.2 Å². The van der Waals surface area contributed by atoms with Crippen molar-refractivity contribution in [2.45, 2.75) is 13.0 Å². The molecule has 2 aromatic carbocycles. The van der Waals surface area contributed by atoms with Crippen molar-refractivity contribution >= 4 is 17.4 Å². The van der Waals surface area contributed by atoms with Crippen LogP contribution in [0, 0.1) is 0 Å². The fourth-order valence-corrected chi connectivity index (χ4v) is 1.85. The zero-order valence-electron chi connectivity index (χ0n) is 11.7. The molecule has 4 heteroatoms. The Morgan fingerprint density at radius 3 is 2.38 bits per heavy atom. The molecular weight excluding hydrogens is 282 g/mol. The number of ether oxygens (including phenoxy) is 2. The van der Waals surface area contributed by atoms with Crippen molar-refractivity contribution in [2.75, 3.05) is 13.2 Å². The molecule has 0 saturated heterocycles. The van der Waals surface area contributed by atoms with Crippen molar-refractivity contribution in [3.63, 3.8) is 0 Å². The van der Waals surface area contributed by atoms with E-state index < -0.39 is 0 Å². The van der Waals surface area contributed by atoms with E-state index in [9.17, 15) is 0 Å². The Labute approximate surface area is 130 Å². The topological polar surface area (TPSA) is 30.8 Å². The normalized spacial score (nSPS) is 9.90. The number of hydrogen-bond donors (Lipinski definition) is 0. The second-order valence-electron chi connectivity index (χ2n) is 4.44. The number of isothiocyanates is 1. The molecule has 3 nitrogen and oxygen atoms in total. The Bertz CT molecular complexity index is 577. The van der Waals surface area contributed by atoms with Gasteiger partial charge in [0.25, 0.3) is 0 Å². The molecule has 0 heterocycles. The van der Waals surface area contributed by atoms with Gasteiger partial charge in [0.2, 0.25) is 0 Å². The van der Waals surface area contributed by atoms with Gasteiger partial charge in [0.1, 0.15) is 11.5 Å². The van der Waals surface area contributed by atoms with Crippen LogP contribution in [-0.2, 0) is 11.3 Å². The minimum atomic E-state index is 0.590. The first-order chi connectivity index (χ1) is 10.4. The van der Waals surface area contributed by atoms with Gasteiger partial charge in [0.15, 0.2) is 0 Å². The molecule has 0 N–H and O–H groups in total. The maximum atomic E-state index is 5.73. The molecule has 0 aromatic heterocycles. The molecule has 0 unspecified atom stereocenters. The predicted molar refractivity (Wildman–Crippen MR) is 87.1 cm³/mol. The Morgan fingerprint density at radius 2 is 1.67 bits per heavy atom. The van der Waals surface area contributed by atoms with Crippen LogP contribution in [0.25, 0.3) is 0 Å². The van der Waals surface area contributed by atoms with E-state index in [1.807, 2.05) is 54.6 Å². The molecule has 0 aliphatic carbocycles. The lowest BCUT2D eigenvalue weighted by Crippen LogP contribution is -1.97. The average molecular weight is 299 g/mol. The fourth-order valence-electron chi connectivity index (χ4n) is 1.76. The van der Waals surface area contributed by atoms with Gasteiger partial charge in [0.05, 0.1) is 18.3 Å². The highest BCUT2D eigenvalue weighted by Gasteiger charge is 1.98. The van der Waals surface area contributed by atoms with Gasteiger partial charge in [-0.25, -0.2) is 4.99 Å². The van der Waals surface area contributed by atoms with Crippen LogP contribution in [0.5, 0.6) is 11.5 Å². The zero-order valence-corrected chi connectivity index (χ0v) is 12.5. The van der Waals surface area contributed by atoms with Gasteiger partial charge >= 0.3 is 0 Å². The SMILES string of the molecule is S=C=NCCCOCc1ccc(Oc2ccccc2)cc1. The fraction of sp³-hybridized carbons (Fsp3) is 0.235. The van der Waals surface area contributed by atoms with Crippen LogP contribution in [0.1, 0.15) is 12.0 Å². The first-order valence-electron chi connectivity index (χ1n) is 6.82. The molecule has 108 valence electrons. The first-order valence-corrected chi connectivity index (χ1v) is 7.22. The number of hydrogen-bond acceptors (Lipinski definition) is 4. The predicted octanol–water partition coefficient (Wildman–Crippen LogP) is 4.49. The summed E-state index contributed by atoms with van der Waals surface area (Å²) in [5.74, 6) is 1.65. The average Bonchev–Trinajstić information content (AvgIpc) is 2.53. The number of aliphatic imine (C=N–C) groups is 1. The number of benzene rings is 2. The summed E-state index contributed by atoms with van der Waals surface area (Å²) in [6, 6.07) is 17.6. The summed E-state index contributed by atoms with van der Waals surface area (Å²) in [6.45, 7) is 1.93. The number of para-hydroxylation sites is 1. The highest BCUT2D eigenvalue weighted by atomic mass is 32.1. The van der Waals surface area contributed by atoms with Crippen LogP contribution in [0.2, 0.25) is 0 Å². The number of thiocarbonyl (C=S) groups is 1.